The van der Waals surface area contributed by atoms with Gasteiger partial charge in [0.1, 0.15) is 15.9 Å². The van der Waals surface area contributed by atoms with Crippen molar-refractivity contribution in [3.63, 3.8) is 0 Å². The first-order valence-corrected chi connectivity index (χ1v) is 16.3. The molecule has 1 aliphatic heterocycles. The molecule has 1 fully saturated rings. The summed E-state index contributed by atoms with van der Waals surface area (Å²) in [5.41, 5.74) is 5.18. The average Bonchev–Trinajstić information content (AvgIpc) is 3.31. The van der Waals surface area contributed by atoms with Gasteiger partial charge in [0.05, 0.1) is 5.75 Å². The first kappa shape index (κ1) is 31.4. The lowest BCUT2D eigenvalue weighted by atomic mass is 9.93. The van der Waals surface area contributed by atoms with Crippen molar-refractivity contribution in [2.45, 2.75) is 44.8 Å². The van der Waals surface area contributed by atoms with E-state index in [4.69, 9.17) is 4.74 Å². The molecule has 8 nitrogen and oxygen atoms in total. The third kappa shape index (κ3) is 8.50. The van der Waals surface area contributed by atoms with Gasteiger partial charge in [-0.25, -0.2) is 13.2 Å². The normalized spacial score (nSPS) is 18.1. The highest BCUT2D eigenvalue weighted by atomic mass is 32.2. The van der Waals surface area contributed by atoms with E-state index in [0.29, 0.717) is 36.2 Å². The van der Waals surface area contributed by atoms with Gasteiger partial charge >= 0.3 is 5.97 Å². The Morgan fingerprint density at radius 3 is 2.40 bits per heavy atom. The zero-order chi connectivity index (χ0) is 30.3. The van der Waals surface area contributed by atoms with Crippen LogP contribution in [0, 0.1) is 12.8 Å². The van der Waals surface area contributed by atoms with Crippen LogP contribution in [0.4, 0.5) is 0 Å². The van der Waals surface area contributed by atoms with Gasteiger partial charge in [0.2, 0.25) is 0 Å². The Bertz CT molecular complexity index is 1490. The van der Waals surface area contributed by atoms with E-state index in [1.807, 2.05) is 49.4 Å². The number of methoxy groups -OCH3 is 1. The Hall–Kier alpha value is -3.53. The number of amides is 1. The number of hydrogen-bond acceptors (Lipinski definition) is 6. The van der Waals surface area contributed by atoms with Crippen LogP contribution < -0.4 is 5.32 Å². The van der Waals surface area contributed by atoms with Crippen molar-refractivity contribution in [2.24, 2.45) is 5.92 Å². The van der Waals surface area contributed by atoms with Crippen molar-refractivity contribution in [3.05, 3.63) is 95.1 Å². The number of aryl methyl sites for hydroxylation is 1. The molecule has 3 aromatic carbocycles. The molecular formula is C33H40N2O6S. The van der Waals surface area contributed by atoms with Crippen molar-refractivity contribution in [3.8, 4) is 11.1 Å². The molecule has 1 unspecified atom stereocenters. The van der Waals surface area contributed by atoms with E-state index in [-0.39, 0.29) is 0 Å². The van der Waals surface area contributed by atoms with E-state index in [0.717, 1.165) is 48.8 Å². The molecule has 0 bridgehead atoms. The molecule has 0 radical (unpaired) electrons. The van der Waals surface area contributed by atoms with Crippen LogP contribution in [-0.4, -0.2) is 74.7 Å². The Balaban J connectivity index is 1.62. The number of aliphatic carboxylic acids is 1. The van der Waals surface area contributed by atoms with E-state index in [9.17, 15) is 23.1 Å². The Morgan fingerprint density at radius 1 is 1.02 bits per heavy atom. The largest absolute Gasteiger partial charge is 0.480 e. The van der Waals surface area contributed by atoms with E-state index in [1.165, 1.54) is 5.56 Å². The van der Waals surface area contributed by atoms with E-state index < -0.39 is 33.5 Å². The predicted molar refractivity (Wildman–Crippen MR) is 164 cm³/mol. The zero-order valence-electron chi connectivity index (χ0n) is 24.5. The summed E-state index contributed by atoms with van der Waals surface area (Å²) in [5.74, 6) is -2.19. The maximum atomic E-state index is 13.4. The van der Waals surface area contributed by atoms with Gasteiger partial charge in [-0.05, 0) is 72.1 Å². The van der Waals surface area contributed by atoms with Gasteiger partial charge in [-0.3, -0.25) is 9.69 Å². The summed E-state index contributed by atoms with van der Waals surface area (Å²) in [6.07, 6.45) is 3.99. The predicted octanol–water partition coefficient (Wildman–Crippen LogP) is 4.36. The highest BCUT2D eigenvalue weighted by Gasteiger charge is 2.32. The summed E-state index contributed by atoms with van der Waals surface area (Å²) >= 11 is 0. The van der Waals surface area contributed by atoms with Crippen LogP contribution in [0.1, 0.15) is 39.9 Å². The number of carboxylic acids is 1. The molecule has 1 amide bonds. The monoisotopic (exact) mass is 592 g/mol. The summed E-state index contributed by atoms with van der Waals surface area (Å²) in [5, 5.41) is 12.0. The number of ether oxygens (including phenoxy) is 1. The van der Waals surface area contributed by atoms with Crippen LogP contribution in [-0.2, 0) is 32.3 Å². The molecule has 1 heterocycles. The fourth-order valence-corrected chi connectivity index (χ4v) is 6.70. The van der Waals surface area contributed by atoms with Crippen LogP contribution in [0.25, 0.3) is 11.1 Å². The van der Waals surface area contributed by atoms with Gasteiger partial charge in [-0.15, -0.1) is 0 Å². The van der Waals surface area contributed by atoms with Gasteiger partial charge in [0.15, 0.2) is 0 Å². The van der Waals surface area contributed by atoms with E-state index in [1.54, 1.807) is 13.2 Å². The number of carbonyl (C=O) groups excluding carboxylic acids is 1. The minimum Gasteiger partial charge on any atom is -0.480 e. The second-order valence-corrected chi connectivity index (χ2v) is 13.5. The lowest BCUT2D eigenvalue weighted by molar-refractivity contribution is -0.138. The third-order valence-corrected chi connectivity index (χ3v) is 8.80. The van der Waals surface area contributed by atoms with Crippen LogP contribution in [0.15, 0.2) is 72.8 Å². The minimum atomic E-state index is -3.63. The maximum absolute atomic E-state index is 13.4. The number of nitrogens with zero attached hydrogens (tertiary/aromatic N) is 1. The van der Waals surface area contributed by atoms with Gasteiger partial charge in [0, 0.05) is 44.7 Å². The Kier molecular flexibility index (Phi) is 10.5. The second-order valence-electron chi connectivity index (χ2n) is 11.3. The molecule has 4 rings (SSSR count). The number of carboxylic acid groups (broad SMARTS) is 1. The Morgan fingerprint density at radius 2 is 1.74 bits per heavy atom. The van der Waals surface area contributed by atoms with Crippen molar-refractivity contribution in [1.29, 1.82) is 0 Å². The number of nitrogens with one attached hydrogen (secondary N) is 1. The summed E-state index contributed by atoms with van der Waals surface area (Å²) in [7, 11) is -1.91. The summed E-state index contributed by atoms with van der Waals surface area (Å²) in [6.45, 7) is 4.30. The number of rotatable bonds is 13. The summed E-state index contributed by atoms with van der Waals surface area (Å²) in [6, 6.07) is 22.7. The van der Waals surface area contributed by atoms with Crippen molar-refractivity contribution < 1.29 is 27.9 Å². The first-order chi connectivity index (χ1) is 20.0. The minimum absolute atomic E-state index is 0.298. The molecule has 0 saturated carbocycles. The highest BCUT2D eigenvalue weighted by molar-refractivity contribution is 7.90. The van der Waals surface area contributed by atoms with Crippen LogP contribution in [0.2, 0.25) is 0 Å². The quantitative estimate of drug-likeness (QED) is 0.303. The topological polar surface area (TPSA) is 113 Å². The first-order valence-electron chi connectivity index (χ1n) is 14.2. The van der Waals surface area contributed by atoms with E-state index in [2.05, 4.69) is 34.5 Å². The van der Waals surface area contributed by atoms with Crippen LogP contribution in [0.5, 0.6) is 0 Å². The number of sulfone groups is 1. The van der Waals surface area contributed by atoms with Gasteiger partial charge in [0.25, 0.3) is 5.91 Å². The number of likely N-dealkylation sites (tertiary alicyclic amines) is 1. The fourth-order valence-electron chi connectivity index (χ4n) is 5.87. The van der Waals surface area contributed by atoms with E-state index >= 15 is 0 Å². The zero-order valence-corrected chi connectivity index (χ0v) is 25.3. The molecule has 9 heteroatoms. The van der Waals surface area contributed by atoms with Gasteiger partial charge < -0.3 is 15.2 Å². The molecule has 1 aliphatic rings. The van der Waals surface area contributed by atoms with Crippen LogP contribution in [0.3, 0.4) is 0 Å². The molecule has 3 aromatic rings. The molecule has 0 spiro atoms. The fraction of sp³-hybridized carbons (Fsp3) is 0.394. The standard InChI is InChI=1S/C33H40N2O6S/c1-23-9-7-8-12-28(23)30-19-25(13-14-29(30)32(36)34-31(33(37)38)22-42(3,39)40)20-35-21-26(18-27(35)15-16-41-2)17-24-10-5-4-6-11-24/h4-14,19,26-27,31H,15-18,20-22H2,1-3H3,(H,34,36)(H,37,38)/t26?,27-,31-/m0/s1. The highest BCUT2D eigenvalue weighted by Crippen LogP contribution is 2.32. The smallest absolute Gasteiger partial charge is 0.327 e. The molecule has 3 atom stereocenters. The molecule has 2 N–H and O–H groups in total. The molecule has 0 aliphatic carbocycles. The maximum Gasteiger partial charge on any atom is 0.327 e. The number of carbonyl (C=O) groups is 2. The molecule has 42 heavy (non-hydrogen) atoms. The molecule has 1 saturated heterocycles. The molecular weight excluding hydrogens is 552 g/mol. The second kappa shape index (κ2) is 14.1. The lowest BCUT2D eigenvalue weighted by Gasteiger charge is -2.25. The molecule has 0 aromatic heterocycles. The van der Waals surface area contributed by atoms with Crippen molar-refractivity contribution >= 4 is 21.7 Å². The Labute approximate surface area is 248 Å². The van der Waals surface area contributed by atoms with Crippen molar-refractivity contribution in [2.75, 3.05) is 32.3 Å². The SMILES string of the molecule is COCC[C@H]1CC(Cc2ccccc2)CN1Cc1ccc(C(=O)N[C@@H](CS(C)(=O)=O)C(=O)O)c(-c2ccccc2C)c1. The third-order valence-electron chi connectivity index (χ3n) is 7.86. The summed E-state index contributed by atoms with van der Waals surface area (Å²) < 4.78 is 29.0. The lowest BCUT2D eigenvalue weighted by Crippen LogP contribution is -2.45. The molecule has 224 valence electrons. The van der Waals surface area contributed by atoms with Crippen molar-refractivity contribution in [1.82, 2.24) is 10.2 Å². The van der Waals surface area contributed by atoms with Gasteiger partial charge in [-0.1, -0.05) is 60.7 Å². The van der Waals surface area contributed by atoms with Crippen LogP contribution >= 0.6 is 0 Å². The number of hydrogen-bond donors (Lipinski definition) is 2. The van der Waals surface area contributed by atoms with Gasteiger partial charge in [-0.2, -0.15) is 0 Å². The summed E-state index contributed by atoms with van der Waals surface area (Å²) in [4.78, 5) is 27.7. The number of benzene rings is 3. The average molecular weight is 593 g/mol.